The second-order valence-electron chi connectivity index (χ2n) is 1.79. The molecule has 4 nitrogen and oxygen atoms in total. The van der Waals surface area contributed by atoms with Crippen molar-refractivity contribution in [2.24, 2.45) is 11.5 Å². The van der Waals surface area contributed by atoms with Crippen molar-refractivity contribution in [3.05, 3.63) is 23.7 Å². The van der Waals surface area contributed by atoms with E-state index in [0.717, 1.165) is 0 Å². The van der Waals surface area contributed by atoms with Gasteiger partial charge in [-0.15, -0.1) is 0 Å². The van der Waals surface area contributed by atoms with Gasteiger partial charge in [-0.2, -0.15) is 0 Å². The average molecular weight is 141 g/mol. The van der Waals surface area contributed by atoms with Gasteiger partial charge in [0.25, 0.3) is 0 Å². The van der Waals surface area contributed by atoms with E-state index in [1.807, 2.05) is 0 Å². The minimum absolute atomic E-state index is 0.278. The first kappa shape index (κ1) is 8.55. The third-order valence-corrected chi connectivity index (χ3v) is 0.751. The van der Waals surface area contributed by atoms with E-state index in [1.165, 1.54) is 6.08 Å². The second kappa shape index (κ2) is 4.43. The molecule has 0 atom stereocenters. The normalized spacial score (nSPS) is 12.9. The molecule has 0 saturated carbocycles. The van der Waals surface area contributed by atoms with E-state index in [1.54, 1.807) is 13.0 Å². The van der Waals surface area contributed by atoms with Gasteiger partial charge in [0.15, 0.2) is 0 Å². The molecule has 0 aliphatic heterocycles. The summed E-state index contributed by atoms with van der Waals surface area (Å²) >= 11 is 0. The molecule has 0 aromatic heterocycles. The summed E-state index contributed by atoms with van der Waals surface area (Å²) in [5, 5.41) is 2.26. The van der Waals surface area contributed by atoms with Crippen LogP contribution in [0.1, 0.15) is 6.92 Å². The van der Waals surface area contributed by atoms with Crippen LogP contribution in [0.4, 0.5) is 0 Å². The molecule has 0 radical (unpaired) electrons. The summed E-state index contributed by atoms with van der Waals surface area (Å²) in [7, 11) is 0. The van der Waals surface area contributed by atoms with Gasteiger partial charge in [-0.1, -0.05) is 0 Å². The van der Waals surface area contributed by atoms with Gasteiger partial charge in [0, 0.05) is 5.70 Å². The number of nitrogens with two attached hydrogens (primary N) is 2. The molecule has 5 N–H and O–H groups in total. The summed E-state index contributed by atoms with van der Waals surface area (Å²) < 4.78 is 0. The zero-order valence-electron chi connectivity index (χ0n) is 5.79. The number of amides is 1. The Morgan fingerprint density at radius 2 is 2.00 bits per heavy atom. The van der Waals surface area contributed by atoms with Gasteiger partial charge < -0.3 is 16.8 Å². The lowest BCUT2D eigenvalue weighted by atomic mass is 10.4. The first-order chi connectivity index (χ1) is 4.66. The van der Waals surface area contributed by atoms with Crippen LogP contribution in [0.3, 0.4) is 0 Å². The fourth-order valence-corrected chi connectivity index (χ4v) is 0.337. The Labute approximate surface area is 59.6 Å². The van der Waals surface area contributed by atoms with Gasteiger partial charge in [0.1, 0.15) is 5.82 Å². The van der Waals surface area contributed by atoms with E-state index in [0.29, 0.717) is 12.1 Å². The zero-order chi connectivity index (χ0) is 7.98. The summed E-state index contributed by atoms with van der Waals surface area (Å²) in [4.78, 5) is 9.78. The Kier molecular flexibility index (Phi) is 3.79. The van der Waals surface area contributed by atoms with Crippen LogP contribution in [0.5, 0.6) is 0 Å². The Balaban J connectivity index is 3.91. The van der Waals surface area contributed by atoms with Crippen LogP contribution < -0.4 is 16.8 Å². The van der Waals surface area contributed by atoms with Crippen LogP contribution in [0.15, 0.2) is 23.7 Å². The third-order valence-electron chi connectivity index (χ3n) is 0.751. The van der Waals surface area contributed by atoms with Crippen molar-refractivity contribution < 1.29 is 4.79 Å². The van der Waals surface area contributed by atoms with E-state index >= 15 is 0 Å². The van der Waals surface area contributed by atoms with Crippen LogP contribution in [-0.4, -0.2) is 6.41 Å². The number of nitrogens with one attached hydrogen (secondary N) is 1. The highest BCUT2D eigenvalue weighted by molar-refractivity contribution is 5.49. The number of allylic oxidation sites excluding steroid dienone is 3. The lowest BCUT2D eigenvalue weighted by molar-refractivity contribution is -0.108. The van der Waals surface area contributed by atoms with Gasteiger partial charge in [0.2, 0.25) is 6.41 Å². The highest BCUT2D eigenvalue weighted by atomic mass is 16.1. The molecule has 0 aromatic rings. The van der Waals surface area contributed by atoms with Crippen LogP contribution in [-0.2, 0) is 4.79 Å². The van der Waals surface area contributed by atoms with Gasteiger partial charge in [0.05, 0.1) is 0 Å². The molecule has 0 spiro atoms. The van der Waals surface area contributed by atoms with Crippen LogP contribution in [0.2, 0.25) is 0 Å². The number of hydrogen-bond acceptors (Lipinski definition) is 3. The molecule has 0 heterocycles. The molecule has 1 amide bonds. The van der Waals surface area contributed by atoms with Crippen LogP contribution in [0.25, 0.3) is 0 Å². The van der Waals surface area contributed by atoms with Crippen molar-refractivity contribution in [3.8, 4) is 0 Å². The van der Waals surface area contributed by atoms with E-state index in [2.05, 4.69) is 5.32 Å². The van der Waals surface area contributed by atoms with Crippen molar-refractivity contribution in [1.29, 1.82) is 0 Å². The highest BCUT2D eigenvalue weighted by Crippen LogP contribution is 1.82. The van der Waals surface area contributed by atoms with Crippen LogP contribution >= 0.6 is 0 Å². The maximum absolute atomic E-state index is 9.78. The molecule has 0 aliphatic rings. The second-order valence-corrected chi connectivity index (χ2v) is 1.79. The molecule has 10 heavy (non-hydrogen) atoms. The third kappa shape index (κ3) is 4.70. The fraction of sp³-hybridized carbons (Fsp3) is 0.167. The van der Waals surface area contributed by atoms with Gasteiger partial charge in [-0.05, 0) is 19.1 Å². The molecule has 0 unspecified atom stereocenters. The molecule has 0 fully saturated rings. The quantitative estimate of drug-likeness (QED) is 0.362. The molecule has 0 saturated heterocycles. The minimum Gasteiger partial charge on any atom is -0.402 e. The Hall–Kier alpha value is -1.45. The highest BCUT2D eigenvalue weighted by Gasteiger charge is 1.80. The van der Waals surface area contributed by atoms with Gasteiger partial charge in [-0.3, -0.25) is 4.79 Å². The predicted molar refractivity (Wildman–Crippen MR) is 39.4 cm³/mol. The maximum Gasteiger partial charge on any atom is 0.212 e. The monoisotopic (exact) mass is 141 g/mol. The Bertz CT molecular complexity index is 168. The largest absolute Gasteiger partial charge is 0.402 e. The van der Waals surface area contributed by atoms with E-state index in [9.17, 15) is 4.79 Å². The summed E-state index contributed by atoms with van der Waals surface area (Å²) in [6, 6.07) is 0. The first-order valence-electron chi connectivity index (χ1n) is 2.76. The average Bonchev–Trinajstić information content (AvgIpc) is 1.85. The van der Waals surface area contributed by atoms with E-state index in [-0.39, 0.29) is 5.82 Å². The van der Waals surface area contributed by atoms with Crippen molar-refractivity contribution in [2.75, 3.05) is 0 Å². The number of carbonyl (C=O) groups is 1. The fourth-order valence-electron chi connectivity index (χ4n) is 0.337. The predicted octanol–water partition coefficient (Wildman–Crippen LogP) is -0.605. The molecule has 0 rings (SSSR count). The zero-order valence-corrected chi connectivity index (χ0v) is 5.79. The van der Waals surface area contributed by atoms with Gasteiger partial charge >= 0.3 is 0 Å². The van der Waals surface area contributed by atoms with Crippen molar-refractivity contribution in [2.45, 2.75) is 6.92 Å². The molecular formula is C6H11N3O. The Morgan fingerprint density at radius 3 is 2.40 bits per heavy atom. The SMILES string of the molecule is C/C(N)=C/C=C(\N)NC=O. The number of carbonyl (C=O) groups excluding carboxylic acids is 1. The number of rotatable bonds is 3. The summed E-state index contributed by atoms with van der Waals surface area (Å²) in [5.74, 6) is 0.278. The van der Waals surface area contributed by atoms with Crippen molar-refractivity contribution in [3.63, 3.8) is 0 Å². The van der Waals surface area contributed by atoms with Crippen LogP contribution in [0, 0.1) is 0 Å². The topological polar surface area (TPSA) is 81.1 Å². The van der Waals surface area contributed by atoms with E-state index in [4.69, 9.17) is 11.5 Å². The summed E-state index contributed by atoms with van der Waals surface area (Å²) in [6.07, 6.45) is 3.63. The standard InChI is InChI=1S/C6H11N3O/c1-5(7)2-3-6(8)9-4-10/h2-4H,7-8H2,1H3,(H,9,10)/b5-2-,6-3+. The summed E-state index contributed by atoms with van der Waals surface area (Å²) in [5.41, 5.74) is 11.2. The molecule has 0 aromatic carbocycles. The van der Waals surface area contributed by atoms with Crippen molar-refractivity contribution in [1.82, 2.24) is 5.32 Å². The minimum atomic E-state index is 0.278. The molecular weight excluding hydrogens is 130 g/mol. The lowest BCUT2D eigenvalue weighted by Crippen LogP contribution is -2.17. The Morgan fingerprint density at radius 1 is 1.40 bits per heavy atom. The molecule has 0 bridgehead atoms. The van der Waals surface area contributed by atoms with Gasteiger partial charge in [-0.25, -0.2) is 0 Å². The maximum atomic E-state index is 9.78. The number of hydrogen-bond donors (Lipinski definition) is 3. The summed E-state index contributed by atoms with van der Waals surface area (Å²) in [6.45, 7) is 1.73. The molecule has 4 heteroatoms. The van der Waals surface area contributed by atoms with Crippen molar-refractivity contribution >= 4 is 6.41 Å². The first-order valence-corrected chi connectivity index (χ1v) is 2.76. The molecule has 0 aliphatic carbocycles. The lowest BCUT2D eigenvalue weighted by Gasteiger charge is -1.93. The molecule has 56 valence electrons. The van der Waals surface area contributed by atoms with E-state index < -0.39 is 0 Å². The smallest absolute Gasteiger partial charge is 0.212 e.